The molecule has 4 aliphatic rings. The summed E-state index contributed by atoms with van der Waals surface area (Å²) in [5.74, 6) is -1.78. The molecule has 234 valence electrons. The van der Waals surface area contributed by atoms with E-state index in [0.29, 0.717) is 57.1 Å². The number of fused-ring (bicyclic) bond motifs is 1. The zero-order valence-corrected chi connectivity index (χ0v) is 24.3. The lowest BCUT2D eigenvalue weighted by atomic mass is 9.82. The van der Waals surface area contributed by atoms with Crippen LogP contribution in [-0.4, -0.2) is 83.9 Å². The van der Waals surface area contributed by atoms with Crippen molar-refractivity contribution in [1.82, 2.24) is 25.3 Å². The van der Waals surface area contributed by atoms with Crippen molar-refractivity contribution < 1.29 is 32.3 Å². The van der Waals surface area contributed by atoms with Crippen LogP contribution >= 0.6 is 0 Å². The van der Waals surface area contributed by atoms with Crippen molar-refractivity contribution in [3.05, 3.63) is 46.6 Å². The van der Waals surface area contributed by atoms with Crippen LogP contribution in [0.1, 0.15) is 76.5 Å². The maximum Gasteiger partial charge on any atom is 0.416 e. The van der Waals surface area contributed by atoms with Gasteiger partial charge in [0.15, 0.2) is 5.69 Å². The van der Waals surface area contributed by atoms with Crippen LogP contribution in [0, 0.1) is 17.2 Å². The first-order chi connectivity index (χ1) is 21.1. The number of carbonyl (C=O) groups excluding carboxylic acids is 3. The lowest BCUT2D eigenvalue weighted by Crippen LogP contribution is -2.56. The number of alkyl halides is 3. The molecule has 0 radical (unpaired) electrons. The fourth-order valence-corrected chi connectivity index (χ4v) is 6.63. The molecule has 3 aliphatic heterocycles. The van der Waals surface area contributed by atoms with E-state index in [9.17, 15) is 32.8 Å². The molecule has 0 unspecified atom stereocenters. The highest BCUT2D eigenvalue weighted by Crippen LogP contribution is 2.52. The van der Waals surface area contributed by atoms with Crippen molar-refractivity contribution in [2.75, 3.05) is 44.3 Å². The number of piperazine rings is 1. The lowest BCUT2D eigenvalue weighted by molar-refractivity contribution is -0.137. The Hall–Kier alpha value is -3.96. The van der Waals surface area contributed by atoms with Gasteiger partial charge in [0.25, 0.3) is 17.7 Å². The van der Waals surface area contributed by atoms with E-state index in [1.54, 1.807) is 11.6 Å². The summed E-state index contributed by atoms with van der Waals surface area (Å²) in [5.41, 5.74) is -0.488. The fourth-order valence-electron chi connectivity index (χ4n) is 6.63. The van der Waals surface area contributed by atoms with E-state index in [4.69, 9.17) is 9.84 Å². The summed E-state index contributed by atoms with van der Waals surface area (Å²) in [7, 11) is 0. The molecule has 3 amide bonds. The van der Waals surface area contributed by atoms with Crippen molar-refractivity contribution in [1.29, 1.82) is 5.26 Å². The molecule has 0 bridgehead atoms. The number of ether oxygens (including phenoxy) is 1. The first-order valence-electron chi connectivity index (χ1n) is 15.0. The molecule has 3 atom stereocenters. The summed E-state index contributed by atoms with van der Waals surface area (Å²) < 4.78 is 47.5. The first-order valence-corrected chi connectivity index (χ1v) is 15.0. The summed E-state index contributed by atoms with van der Waals surface area (Å²) in [6.07, 6.45) is -1.87. The van der Waals surface area contributed by atoms with Crippen LogP contribution in [0.15, 0.2) is 24.3 Å². The molecule has 1 aliphatic carbocycles. The van der Waals surface area contributed by atoms with E-state index in [0.717, 1.165) is 31.0 Å². The van der Waals surface area contributed by atoms with Crippen LogP contribution in [-0.2, 0) is 15.7 Å². The number of nitrogens with one attached hydrogen (secondary N) is 2. The van der Waals surface area contributed by atoms with Crippen molar-refractivity contribution in [2.45, 2.75) is 62.8 Å². The van der Waals surface area contributed by atoms with Crippen molar-refractivity contribution >= 4 is 23.5 Å². The van der Waals surface area contributed by atoms with Crippen LogP contribution < -0.4 is 15.5 Å². The number of likely N-dealkylation sites (N-methyl/N-ethyl adjacent to an activating group) is 1. The average Bonchev–Trinajstić information content (AvgIpc) is 3.80. The molecular formula is C30H34F3N7O4. The Morgan fingerprint density at radius 1 is 1.20 bits per heavy atom. The van der Waals surface area contributed by atoms with Gasteiger partial charge in [0.1, 0.15) is 17.9 Å². The minimum absolute atomic E-state index is 0.0443. The molecule has 11 nitrogen and oxygen atoms in total. The Kier molecular flexibility index (Phi) is 8.10. The number of halogens is 3. The summed E-state index contributed by atoms with van der Waals surface area (Å²) >= 11 is 0. The van der Waals surface area contributed by atoms with Crippen LogP contribution in [0.4, 0.5) is 19.0 Å². The maximum atomic E-state index is 14.2. The number of carbonyl (C=O) groups is 3. The first kappa shape index (κ1) is 30.1. The number of benzene rings is 1. The predicted octanol–water partition coefficient (Wildman–Crippen LogP) is 2.85. The van der Waals surface area contributed by atoms with E-state index >= 15 is 0 Å². The molecule has 1 aromatic heterocycles. The molecule has 2 saturated heterocycles. The van der Waals surface area contributed by atoms with E-state index in [2.05, 4.69) is 16.7 Å². The number of hydrogen-bond acceptors (Lipinski definition) is 7. The van der Waals surface area contributed by atoms with Crippen LogP contribution in [0.3, 0.4) is 0 Å². The Labute approximate surface area is 252 Å². The van der Waals surface area contributed by atoms with Gasteiger partial charge in [-0.25, -0.2) is 4.68 Å². The van der Waals surface area contributed by atoms with Crippen molar-refractivity contribution in [3.63, 3.8) is 0 Å². The van der Waals surface area contributed by atoms with Crippen molar-refractivity contribution in [2.24, 2.45) is 5.92 Å². The maximum absolute atomic E-state index is 14.2. The van der Waals surface area contributed by atoms with Gasteiger partial charge in [0.05, 0.1) is 17.7 Å². The number of rotatable bonds is 6. The van der Waals surface area contributed by atoms with E-state index in [-0.39, 0.29) is 29.8 Å². The summed E-state index contributed by atoms with van der Waals surface area (Å²) in [5, 5.41) is 20.6. The van der Waals surface area contributed by atoms with Gasteiger partial charge >= 0.3 is 6.18 Å². The molecule has 3 fully saturated rings. The molecule has 6 rings (SSSR count). The second-order valence-electron chi connectivity index (χ2n) is 11.7. The SMILES string of the molecule is CCN1C(=O)[C@@H](NC(=O)c2cccc(C(F)(F)F)c2)[C@@H](C2CC2)c2c(C(=O)N3CCNC[C@H]3C#N)nn(C3CCOCC3)c21. The highest BCUT2D eigenvalue weighted by molar-refractivity contribution is 6.07. The van der Waals surface area contributed by atoms with E-state index < -0.39 is 47.5 Å². The van der Waals surface area contributed by atoms with Gasteiger partial charge in [0, 0.05) is 56.4 Å². The second kappa shape index (κ2) is 11.9. The third-order valence-electron chi connectivity index (χ3n) is 8.98. The molecule has 44 heavy (non-hydrogen) atoms. The molecule has 2 N–H and O–H groups in total. The molecule has 4 heterocycles. The predicted molar refractivity (Wildman–Crippen MR) is 151 cm³/mol. The van der Waals surface area contributed by atoms with Gasteiger partial charge in [0.2, 0.25) is 0 Å². The normalized spacial score (nSPS) is 24.5. The zero-order valence-electron chi connectivity index (χ0n) is 24.3. The highest BCUT2D eigenvalue weighted by Gasteiger charge is 2.52. The van der Waals surface area contributed by atoms with Crippen molar-refractivity contribution in [3.8, 4) is 6.07 Å². The summed E-state index contributed by atoms with van der Waals surface area (Å²) in [4.78, 5) is 44.9. The highest BCUT2D eigenvalue weighted by atomic mass is 19.4. The van der Waals surface area contributed by atoms with Gasteiger partial charge in [-0.1, -0.05) is 6.07 Å². The Bertz CT molecular complexity index is 1490. The largest absolute Gasteiger partial charge is 0.416 e. The molecule has 14 heteroatoms. The van der Waals surface area contributed by atoms with Crippen LogP contribution in [0.2, 0.25) is 0 Å². The Balaban J connectivity index is 1.45. The molecular weight excluding hydrogens is 579 g/mol. The van der Waals surface area contributed by atoms with Gasteiger partial charge in [-0.15, -0.1) is 0 Å². The molecule has 1 saturated carbocycles. The van der Waals surface area contributed by atoms with E-state index in [1.165, 1.54) is 15.9 Å². The van der Waals surface area contributed by atoms with Gasteiger partial charge < -0.3 is 20.3 Å². The van der Waals surface area contributed by atoms with E-state index in [1.807, 2.05) is 0 Å². The number of nitriles is 1. The second-order valence-corrected chi connectivity index (χ2v) is 11.7. The number of nitrogens with zero attached hydrogens (tertiary/aromatic N) is 5. The number of aromatic nitrogens is 2. The van der Waals surface area contributed by atoms with Crippen LogP contribution in [0.5, 0.6) is 0 Å². The smallest absolute Gasteiger partial charge is 0.381 e. The number of hydrogen-bond donors (Lipinski definition) is 2. The minimum atomic E-state index is -4.64. The third-order valence-corrected chi connectivity index (χ3v) is 8.98. The zero-order chi connectivity index (χ0) is 31.2. The quantitative estimate of drug-likeness (QED) is 0.512. The topological polar surface area (TPSA) is 133 Å². The lowest BCUT2D eigenvalue weighted by Gasteiger charge is -2.39. The molecule has 0 spiro atoms. The monoisotopic (exact) mass is 613 g/mol. The number of anilines is 1. The standard InChI is InChI=1S/C30H34F3N7O4/c1-2-38-27-23(25(37-40(27)20-8-12-44-13-9-20)29(43)39-11-10-35-16-21(39)15-34)22(17-6-7-17)24(28(38)42)36-26(41)18-4-3-5-19(14-18)30(31,32)33/h3-5,14,17,20-22,24,35H,2,6-13,16H2,1H3,(H,36,41)/t21-,22+,24+/m1/s1. The van der Waals surface area contributed by atoms with Crippen LogP contribution in [0.25, 0.3) is 0 Å². The Morgan fingerprint density at radius 3 is 2.61 bits per heavy atom. The van der Waals surface area contributed by atoms with Gasteiger partial charge in [-0.05, 0) is 56.7 Å². The van der Waals surface area contributed by atoms with Gasteiger partial charge in [-0.2, -0.15) is 23.5 Å². The fraction of sp³-hybridized carbons (Fsp3) is 0.567. The van der Waals surface area contributed by atoms with Gasteiger partial charge in [-0.3, -0.25) is 19.3 Å². The Morgan fingerprint density at radius 2 is 1.95 bits per heavy atom. The summed E-state index contributed by atoms with van der Waals surface area (Å²) in [6.45, 7) is 4.12. The number of amides is 3. The molecule has 1 aromatic carbocycles. The third kappa shape index (κ3) is 5.43. The average molecular weight is 614 g/mol. The minimum Gasteiger partial charge on any atom is -0.381 e. The molecule has 2 aromatic rings. The summed E-state index contributed by atoms with van der Waals surface area (Å²) in [6, 6.07) is 4.31.